The number of ether oxygens (including phenoxy) is 2. The van der Waals surface area contributed by atoms with E-state index < -0.39 is 0 Å². The van der Waals surface area contributed by atoms with Gasteiger partial charge in [-0.1, -0.05) is 29.8 Å². The summed E-state index contributed by atoms with van der Waals surface area (Å²) in [5, 5.41) is 0. The first kappa shape index (κ1) is 14.9. The van der Waals surface area contributed by atoms with E-state index in [4.69, 9.17) is 15.2 Å². The Morgan fingerprint density at radius 1 is 1.05 bits per heavy atom. The molecule has 0 saturated heterocycles. The molecule has 2 atom stereocenters. The predicted octanol–water partition coefficient (Wildman–Crippen LogP) is 3.42. The summed E-state index contributed by atoms with van der Waals surface area (Å²) in [6.45, 7) is 2.12. The number of hydrogen-bond donors (Lipinski definition) is 1. The van der Waals surface area contributed by atoms with Gasteiger partial charge in [0.2, 0.25) is 0 Å². The molecule has 2 aromatic carbocycles. The lowest BCUT2D eigenvalue weighted by Gasteiger charge is -2.32. The molecule has 0 aromatic heterocycles. The number of nitrogens with two attached hydrogens (primary N) is 1. The number of methoxy groups -OCH3 is 2. The lowest BCUT2D eigenvalue weighted by molar-refractivity contribution is 0.352. The third-order valence-electron chi connectivity index (χ3n) is 4.56. The Bertz CT molecular complexity index is 681. The van der Waals surface area contributed by atoms with Gasteiger partial charge in [0, 0.05) is 12.0 Å². The van der Waals surface area contributed by atoms with Crippen molar-refractivity contribution in [3.8, 4) is 11.5 Å². The smallest absolute Gasteiger partial charge is 0.161 e. The molecule has 0 fully saturated rings. The Kier molecular flexibility index (Phi) is 4.08. The summed E-state index contributed by atoms with van der Waals surface area (Å²) in [6, 6.07) is 13.0. The number of rotatable bonds is 3. The molecule has 2 N–H and O–H groups in total. The van der Waals surface area contributed by atoms with Crippen molar-refractivity contribution in [2.45, 2.75) is 31.7 Å². The van der Waals surface area contributed by atoms with E-state index in [-0.39, 0.29) is 12.0 Å². The van der Waals surface area contributed by atoms with Gasteiger partial charge in [-0.25, -0.2) is 0 Å². The van der Waals surface area contributed by atoms with Gasteiger partial charge in [-0.05, 0) is 48.6 Å². The van der Waals surface area contributed by atoms with Crippen molar-refractivity contribution in [2.24, 2.45) is 5.73 Å². The van der Waals surface area contributed by atoms with Gasteiger partial charge in [-0.2, -0.15) is 0 Å². The maximum atomic E-state index is 6.47. The highest BCUT2D eigenvalue weighted by Crippen LogP contribution is 2.41. The van der Waals surface area contributed by atoms with E-state index in [2.05, 4.69) is 43.3 Å². The molecule has 2 aromatic rings. The predicted molar refractivity (Wildman–Crippen MR) is 88.9 cm³/mol. The maximum Gasteiger partial charge on any atom is 0.161 e. The minimum absolute atomic E-state index is 0.132. The molecule has 3 rings (SSSR count). The van der Waals surface area contributed by atoms with Gasteiger partial charge in [0.05, 0.1) is 14.2 Å². The van der Waals surface area contributed by atoms with E-state index in [1.54, 1.807) is 14.2 Å². The average Bonchev–Trinajstić information content (AvgIpc) is 2.53. The SMILES string of the molecule is COc1cc2c(cc1OC)C(c1cccc(C)c1)C(N)CC2. The third kappa shape index (κ3) is 2.57. The Morgan fingerprint density at radius 3 is 2.45 bits per heavy atom. The lowest BCUT2D eigenvalue weighted by atomic mass is 9.75. The molecule has 116 valence electrons. The normalized spacial score (nSPS) is 20.4. The number of benzene rings is 2. The Morgan fingerprint density at radius 2 is 1.77 bits per heavy atom. The van der Waals surface area contributed by atoms with E-state index in [0.29, 0.717) is 0 Å². The fourth-order valence-electron chi connectivity index (χ4n) is 3.45. The van der Waals surface area contributed by atoms with Crippen LogP contribution in [-0.4, -0.2) is 20.3 Å². The molecule has 0 aliphatic heterocycles. The van der Waals surface area contributed by atoms with Crippen LogP contribution in [0, 0.1) is 6.92 Å². The van der Waals surface area contributed by atoms with Gasteiger partial charge in [0.25, 0.3) is 0 Å². The van der Waals surface area contributed by atoms with Crippen LogP contribution < -0.4 is 15.2 Å². The standard InChI is InChI=1S/C19H23NO2/c1-12-5-4-6-14(9-12)19-15-11-18(22-3)17(21-2)10-13(15)7-8-16(19)20/h4-6,9-11,16,19H,7-8,20H2,1-3H3. The van der Waals surface area contributed by atoms with Crippen LogP contribution in [0.2, 0.25) is 0 Å². The van der Waals surface area contributed by atoms with Crippen molar-refractivity contribution in [1.29, 1.82) is 0 Å². The molecule has 0 bridgehead atoms. The molecular formula is C19H23NO2. The fourth-order valence-corrected chi connectivity index (χ4v) is 3.45. The highest BCUT2D eigenvalue weighted by Gasteiger charge is 2.30. The summed E-state index contributed by atoms with van der Waals surface area (Å²) >= 11 is 0. The summed E-state index contributed by atoms with van der Waals surface area (Å²) < 4.78 is 10.9. The van der Waals surface area contributed by atoms with E-state index in [9.17, 15) is 0 Å². The number of hydrogen-bond acceptors (Lipinski definition) is 3. The Hall–Kier alpha value is -2.00. The Balaban J connectivity index is 2.13. The second-order valence-electron chi connectivity index (χ2n) is 6.00. The topological polar surface area (TPSA) is 44.5 Å². The van der Waals surface area contributed by atoms with Gasteiger partial charge in [-0.15, -0.1) is 0 Å². The maximum absolute atomic E-state index is 6.47. The molecule has 22 heavy (non-hydrogen) atoms. The van der Waals surface area contributed by atoms with E-state index in [1.165, 1.54) is 22.3 Å². The molecule has 3 heteroatoms. The van der Waals surface area contributed by atoms with Crippen molar-refractivity contribution in [3.63, 3.8) is 0 Å². The molecule has 0 amide bonds. The van der Waals surface area contributed by atoms with Crippen LogP contribution in [0.5, 0.6) is 11.5 Å². The van der Waals surface area contributed by atoms with Crippen molar-refractivity contribution < 1.29 is 9.47 Å². The van der Waals surface area contributed by atoms with Crippen LogP contribution in [0.3, 0.4) is 0 Å². The molecular weight excluding hydrogens is 274 g/mol. The van der Waals surface area contributed by atoms with Crippen LogP contribution in [0.25, 0.3) is 0 Å². The minimum atomic E-state index is 0.132. The molecule has 2 unspecified atom stereocenters. The van der Waals surface area contributed by atoms with E-state index in [0.717, 1.165) is 24.3 Å². The summed E-state index contributed by atoms with van der Waals surface area (Å²) in [4.78, 5) is 0. The molecule has 0 heterocycles. The average molecular weight is 297 g/mol. The van der Waals surface area contributed by atoms with Gasteiger partial charge >= 0.3 is 0 Å². The fraction of sp³-hybridized carbons (Fsp3) is 0.368. The number of fused-ring (bicyclic) bond motifs is 1. The third-order valence-corrected chi connectivity index (χ3v) is 4.56. The molecule has 0 radical (unpaired) electrons. The first-order valence-electron chi connectivity index (χ1n) is 7.71. The zero-order valence-corrected chi connectivity index (χ0v) is 13.4. The lowest BCUT2D eigenvalue weighted by Crippen LogP contribution is -2.34. The molecule has 1 aliphatic rings. The second-order valence-corrected chi connectivity index (χ2v) is 6.00. The van der Waals surface area contributed by atoms with Gasteiger partial charge in [0.1, 0.15) is 0 Å². The van der Waals surface area contributed by atoms with Crippen LogP contribution in [0.4, 0.5) is 0 Å². The van der Waals surface area contributed by atoms with Crippen molar-refractivity contribution in [1.82, 2.24) is 0 Å². The summed E-state index contributed by atoms with van der Waals surface area (Å²) in [5.74, 6) is 1.77. The van der Waals surface area contributed by atoms with Crippen molar-refractivity contribution in [3.05, 3.63) is 58.7 Å². The molecule has 3 nitrogen and oxygen atoms in total. The van der Waals surface area contributed by atoms with Crippen molar-refractivity contribution >= 4 is 0 Å². The quantitative estimate of drug-likeness (QED) is 0.944. The van der Waals surface area contributed by atoms with Crippen LogP contribution >= 0.6 is 0 Å². The first-order valence-corrected chi connectivity index (χ1v) is 7.71. The van der Waals surface area contributed by atoms with Gasteiger partial charge < -0.3 is 15.2 Å². The summed E-state index contributed by atoms with van der Waals surface area (Å²) in [6.07, 6.45) is 1.97. The van der Waals surface area contributed by atoms with Crippen LogP contribution in [-0.2, 0) is 6.42 Å². The zero-order chi connectivity index (χ0) is 15.7. The molecule has 0 saturated carbocycles. The Labute approximate surface area is 132 Å². The van der Waals surface area contributed by atoms with Crippen LogP contribution in [0.1, 0.15) is 34.6 Å². The first-order chi connectivity index (χ1) is 10.6. The van der Waals surface area contributed by atoms with Crippen LogP contribution in [0.15, 0.2) is 36.4 Å². The van der Waals surface area contributed by atoms with Crippen molar-refractivity contribution in [2.75, 3.05) is 14.2 Å². The number of aryl methyl sites for hydroxylation is 2. The highest BCUT2D eigenvalue weighted by molar-refractivity contribution is 5.52. The zero-order valence-electron chi connectivity index (χ0n) is 13.4. The minimum Gasteiger partial charge on any atom is -0.493 e. The van der Waals surface area contributed by atoms with Gasteiger partial charge in [-0.3, -0.25) is 0 Å². The van der Waals surface area contributed by atoms with Gasteiger partial charge in [0.15, 0.2) is 11.5 Å². The summed E-state index contributed by atoms with van der Waals surface area (Å²) in [7, 11) is 3.35. The van der Waals surface area contributed by atoms with E-state index >= 15 is 0 Å². The highest BCUT2D eigenvalue weighted by atomic mass is 16.5. The molecule has 1 aliphatic carbocycles. The van der Waals surface area contributed by atoms with E-state index in [1.807, 2.05) is 0 Å². The monoisotopic (exact) mass is 297 g/mol. The largest absolute Gasteiger partial charge is 0.493 e. The molecule has 0 spiro atoms. The summed E-state index contributed by atoms with van der Waals surface area (Å²) in [5.41, 5.74) is 11.6. The second kappa shape index (κ2) is 6.01.